The summed E-state index contributed by atoms with van der Waals surface area (Å²) in [7, 11) is 1.67. The zero-order valence-electron chi connectivity index (χ0n) is 6.88. The van der Waals surface area contributed by atoms with Crippen LogP contribution in [-0.2, 0) is 0 Å². The van der Waals surface area contributed by atoms with Crippen LogP contribution in [0.3, 0.4) is 0 Å². The molecule has 0 bridgehead atoms. The predicted octanol–water partition coefficient (Wildman–Crippen LogP) is 1.66. The number of nitrogens with zero attached hydrogens (tertiary/aromatic N) is 1. The minimum atomic E-state index is 0.609. The fourth-order valence-electron chi connectivity index (χ4n) is 0.639. The van der Waals surface area contributed by atoms with Crippen LogP contribution in [0.1, 0.15) is 6.42 Å². The Bertz CT molecular complexity index is 200. The van der Waals surface area contributed by atoms with E-state index >= 15 is 0 Å². The van der Waals surface area contributed by atoms with Crippen molar-refractivity contribution in [3.8, 4) is 0 Å². The monoisotopic (exact) mass is 150 g/mol. The van der Waals surface area contributed by atoms with Gasteiger partial charge in [-0.25, -0.2) is 0 Å². The second-order valence-electron chi connectivity index (χ2n) is 2.07. The maximum atomic E-state index is 5.51. The fourth-order valence-corrected chi connectivity index (χ4v) is 0.639. The van der Waals surface area contributed by atoms with Gasteiger partial charge < -0.3 is 5.73 Å². The summed E-state index contributed by atoms with van der Waals surface area (Å²) in [5.74, 6) is 0.609. The average molecular weight is 150 g/mol. The number of amidine groups is 1. The van der Waals surface area contributed by atoms with Gasteiger partial charge in [-0.05, 0) is 5.57 Å². The zero-order chi connectivity index (χ0) is 8.69. The second kappa shape index (κ2) is 5.47. The topological polar surface area (TPSA) is 38.4 Å². The molecule has 0 amide bonds. The van der Waals surface area contributed by atoms with Crippen molar-refractivity contribution in [1.82, 2.24) is 0 Å². The van der Waals surface area contributed by atoms with Gasteiger partial charge >= 0.3 is 0 Å². The summed E-state index contributed by atoms with van der Waals surface area (Å²) in [5.41, 5.74) is 6.54. The third-order valence-corrected chi connectivity index (χ3v) is 1.27. The first-order valence-corrected chi connectivity index (χ1v) is 3.39. The largest absolute Gasteiger partial charge is 0.387 e. The third kappa shape index (κ3) is 4.14. The molecule has 0 spiro atoms. The van der Waals surface area contributed by atoms with E-state index in [1.807, 2.05) is 6.08 Å². The van der Waals surface area contributed by atoms with Crippen molar-refractivity contribution in [3.63, 3.8) is 0 Å². The van der Waals surface area contributed by atoms with Gasteiger partial charge in [0, 0.05) is 13.5 Å². The van der Waals surface area contributed by atoms with E-state index < -0.39 is 0 Å². The number of hydrogen-bond donors (Lipinski definition) is 1. The summed E-state index contributed by atoms with van der Waals surface area (Å²) in [6.45, 7) is 7.22. The van der Waals surface area contributed by atoms with Gasteiger partial charge in [0.25, 0.3) is 0 Å². The zero-order valence-corrected chi connectivity index (χ0v) is 6.88. The molecule has 2 nitrogen and oxygen atoms in total. The van der Waals surface area contributed by atoms with E-state index in [1.165, 1.54) is 0 Å². The van der Waals surface area contributed by atoms with Crippen molar-refractivity contribution in [3.05, 3.63) is 37.0 Å². The van der Waals surface area contributed by atoms with Gasteiger partial charge in [0.2, 0.25) is 0 Å². The van der Waals surface area contributed by atoms with E-state index in [0.29, 0.717) is 12.3 Å². The first kappa shape index (κ1) is 9.69. The highest BCUT2D eigenvalue weighted by atomic mass is 14.8. The number of rotatable bonds is 4. The molecule has 2 N–H and O–H groups in total. The summed E-state index contributed by atoms with van der Waals surface area (Å²) < 4.78 is 0. The van der Waals surface area contributed by atoms with Gasteiger partial charge in [-0.3, -0.25) is 4.99 Å². The Morgan fingerprint density at radius 1 is 1.55 bits per heavy atom. The highest BCUT2D eigenvalue weighted by Crippen LogP contribution is 2.01. The average Bonchev–Trinajstić information content (AvgIpc) is 2.03. The number of allylic oxidation sites excluding steroid dienone is 3. The lowest BCUT2D eigenvalue weighted by atomic mass is 10.1. The molecule has 0 atom stereocenters. The summed E-state index contributed by atoms with van der Waals surface area (Å²) in [5, 5.41) is 0. The minimum Gasteiger partial charge on any atom is -0.387 e. The Hall–Kier alpha value is -1.31. The number of nitrogens with two attached hydrogens (primary N) is 1. The van der Waals surface area contributed by atoms with Crippen LogP contribution in [0.4, 0.5) is 0 Å². The van der Waals surface area contributed by atoms with Gasteiger partial charge in [0.1, 0.15) is 0 Å². The summed E-state index contributed by atoms with van der Waals surface area (Å²) >= 11 is 0. The molecular weight excluding hydrogens is 136 g/mol. The smallest absolute Gasteiger partial charge is 0.0977 e. The van der Waals surface area contributed by atoms with Crippen molar-refractivity contribution in [2.24, 2.45) is 10.7 Å². The fraction of sp³-hybridized carbons (Fsp3) is 0.222. The lowest BCUT2D eigenvalue weighted by molar-refractivity contribution is 1.26. The molecule has 0 aliphatic heterocycles. The highest BCUT2D eigenvalue weighted by Gasteiger charge is 1.92. The molecule has 0 unspecified atom stereocenters. The van der Waals surface area contributed by atoms with Crippen molar-refractivity contribution in [2.75, 3.05) is 7.05 Å². The lowest BCUT2D eigenvalue weighted by Gasteiger charge is -1.98. The maximum Gasteiger partial charge on any atom is 0.0977 e. The van der Waals surface area contributed by atoms with E-state index in [4.69, 9.17) is 5.73 Å². The van der Waals surface area contributed by atoms with E-state index in [1.54, 1.807) is 19.2 Å². The molecule has 11 heavy (non-hydrogen) atoms. The Labute approximate surface area is 67.8 Å². The first-order chi connectivity index (χ1) is 5.24. The molecule has 2 heteroatoms. The Balaban J connectivity index is 4.20. The van der Waals surface area contributed by atoms with Crippen LogP contribution in [0.15, 0.2) is 42.0 Å². The standard InChI is InChI=1S/C9H14N2/c1-4-6-8(5-2)7-9(10)11-3/h4-6H,1-2,7H2,3H3,(H2,10,11)/b8-6+. The molecule has 0 saturated heterocycles. The van der Waals surface area contributed by atoms with Crippen LogP contribution in [0.2, 0.25) is 0 Å². The SMILES string of the molecule is C=C/C=C(\C=C)CC(N)=NC. The molecule has 0 fully saturated rings. The van der Waals surface area contributed by atoms with Crippen LogP contribution in [-0.4, -0.2) is 12.9 Å². The van der Waals surface area contributed by atoms with Crippen LogP contribution in [0, 0.1) is 0 Å². The molecule has 0 saturated carbocycles. The van der Waals surface area contributed by atoms with Gasteiger partial charge in [0.05, 0.1) is 5.84 Å². The van der Waals surface area contributed by atoms with Crippen LogP contribution < -0.4 is 5.73 Å². The molecular formula is C9H14N2. The molecule has 0 radical (unpaired) electrons. The number of hydrogen-bond acceptors (Lipinski definition) is 1. The summed E-state index contributed by atoms with van der Waals surface area (Å²) in [4.78, 5) is 3.83. The summed E-state index contributed by atoms with van der Waals surface area (Å²) in [6.07, 6.45) is 5.97. The van der Waals surface area contributed by atoms with E-state index in [9.17, 15) is 0 Å². The van der Waals surface area contributed by atoms with E-state index in [2.05, 4.69) is 18.2 Å². The lowest BCUT2D eigenvalue weighted by Crippen LogP contribution is -2.11. The maximum absolute atomic E-state index is 5.51. The third-order valence-electron chi connectivity index (χ3n) is 1.27. The molecule has 0 aliphatic rings. The van der Waals surface area contributed by atoms with Crippen LogP contribution >= 0.6 is 0 Å². The molecule has 0 aromatic carbocycles. The Morgan fingerprint density at radius 3 is 2.55 bits per heavy atom. The van der Waals surface area contributed by atoms with E-state index in [-0.39, 0.29) is 0 Å². The summed E-state index contributed by atoms with van der Waals surface area (Å²) in [6, 6.07) is 0. The Kier molecular flexibility index (Phi) is 4.82. The molecule has 0 aromatic heterocycles. The van der Waals surface area contributed by atoms with Crippen molar-refractivity contribution < 1.29 is 0 Å². The highest BCUT2D eigenvalue weighted by molar-refractivity contribution is 5.83. The molecule has 0 rings (SSSR count). The molecule has 0 heterocycles. The number of aliphatic imine (C=N–C) groups is 1. The molecule has 60 valence electrons. The van der Waals surface area contributed by atoms with Crippen molar-refractivity contribution in [2.45, 2.75) is 6.42 Å². The van der Waals surface area contributed by atoms with E-state index in [0.717, 1.165) is 5.57 Å². The van der Waals surface area contributed by atoms with Gasteiger partial charge in [-0.15, -0.1) is 0 Å². The van der Waals surface area contributed by atoms with Crippen molar-refractivity contribution >= 4 is 5.84 Å². The van der Waals surface area contributed by atoms with Gasteiger partial charge in [-0.2, -0.15) is 0 Å². The molecule has 0 aliphatic carbocycles. The quantitative estimate of drug-likeness (QED) is 0.369. The minimum absolute atomic E-state index is 0.609. The van der Waals surface area contributed by atoms with Crippen LogP contribution in [0.25, 0.3) is 0 Å². The normalized spacial score (nSPS) is 12.8. The predicted molar refractivity (Wildman–Crippen MR) is 50.6 cm³/mol. The Morgan fingerprint density at radius 2 is 2.18 bits per heavy atom. The van der Waals surface area contributed by atoms with Gasteiger partial charge in [0.15, 0.2) is 0 Å². The van der Waals surface area contributed by atoms with Crippen molar-refractivity contribution in [1.29, 1.82) is 0 Å². The van der Waals surface area contributed by atoms with Crippen LogP contribution in [0.5, 0.6) is 0 Å². The molecule has 0 aromatic rings. The van der Waals surface area contributed by atoms with Gasteiger partial charge in [-0.1, -0.05) is 31.4 Å². The first-order valence-electron chi connectivity index (χ1n) is 3.39. The second-order valence-corrected chi connectivity index (χ2v) is 2.07.